The molecule has 0 saturated carbocycles. The molecule has 2 aromatic carbocycles. The number of carbonyl (C=O) groups excluding carboxylic acids is 2. The average molecular weight is 450 g/mol. The summed E-state index contributed by atoms with van der Waals surface area (Å²) in [6.07, 6.45) is -0.587. The van der Waals surface area contributed by atoms with Crippen LogP contribution in [0.5, 0.6) is 5.75 Å². The lowest BCUT2D eigenvalue weighted by Gasteiger charge is -2.19. The van der Waals surface area contributed by atoms with Crippen molar-refractivity contribution in [3.05, 3.63) is 48.0 Å². The Morgan fingerprint density at radius 1 is 0.968 bits per heavy atom. The number of sulfonamides is 1. The van der Waals surface area contributed by atoms with Crippen LogP contribution in [0.15, 0.2) is 47.4 Å². The monoisotopic (exact) mass is 449 g/mol. The molecule has 0 aliphatic heterocycles. The number of carbonyl (C=O) groups is 2. The molecular formula is C21H27N3O6S. The van der Waals surface area contributed by atoms with E-state index in [0.717, 1.165) is 0 Å². The summed E-state index contributed by atoms with van der Waals surface area (Å²) in [5, 5.41) is 5.23. The van der Waals surface area contributed by atoms with Gasteiger partial charge >= 0.3 is 6.09 Å². The summed E-state index contributed by atoms with van der Waals surface area (Å²) in [6, 6.07) is 10.5. The van der Waals surface area contributed by atoms with E-state index in [1.165, 1.54) is 41.7 Å². The Labute approximate surface area is 182 Å². The molecule has 9 nitrogen and oxygen atoms in total. The van der Waals surface area contributed by atoms with E-state index in [9.17, 15) is 18.0 Å². The average Bonchev–Trinajstić information content (AvgIpc) is 2.75. The maximum atomic E-state index is 12.8. The third-order valence-corrected chi connectivity index (χ3v) is 6.48. The number of methoxy groups -OCH3 is 1. The Hall–Kier alpha value is -3.11. The molecule has 0 unspecified atom stereocenters. The molecule has 0 fully saturated rings. The summed E-state index contributed by atoms with van der Waals surface area (Å²) in [7, 11) is -2.27. The first-order chi connectivity index (χ1) is 14.8. The topological polar surface area (TPSA) is 114 Å². The summed E-state index contributed by atoms with van der Waals surface area (Å²) in [5.41, 5.74) is 1.02. The van der Waals surface area contributed by atoms with E-state index in [4.69, 9.17) is 9.47 Å². The standard InChI is InChI=1S/C21H27N3O6S/c1-5-24(6-2)31(27,28)17-12-13-19(29-4)18(14-17)23-20(25)15-8-10-16(11-9-15)22-21(26)30-7-3/h8-14H,5-7H2,1-4H3,(H,22,26)(H,23,25). The van der Waals surface area contributed by atoms with Gasteiger partial charge in [-0.15, -0.1) is 0 Å². The van der Waals surface area contributed by atoms with Gasteiger partial charge in [0.15, 0.2) is 0 Å². The minimum absolute atomic E-state index is 0.0567. The van der Waals surface area contributed by atoms with Gasteiger partial charge in [0.05, 0.1) is 24.3 Å². The molecule has 2 aromatic rings. The van der Waals surface area contributed by atoms with Crippen molar-refractivity contribution >= 4 is 33.4 Å². The van der Waals surface area contributed by atoms with E-state index < -0.39 is 22.0 Å². The van der Waals surface area contributed by atoms with Gasteiger partial charge in [0.1, 0.15) is 5.75 Å². The van der Waals surface area contributed by atoms with Crippen LogP contribution in [0, 0.1) is 0 Å². The third-order valence-electron chi connectivity index (χ3n) is 4.43. The van der Waals surface area contributed by atoms with E-state index in [1.54, 1.807) is 32.9 Å². The third kappa shape index (κ3) is 5.96. The molecular weight excluding hydrogens is 422 g/mol. The quantitative estimate of drug-likeness (QED) is 0.605. The molecule has 10 heteroatoms. The highest BCUT2D eigenvalue weighted by atomic mass is 32.2. The van der Waals surface area contributed by atoms with Gasteiger partial charge in [-0.3, -0.25) is 10.1 Å². The second-order valence-electron chi connectivity index (χ2n) is 6.33. The molecule has 2 amide bonds. The van der Waals surface area contributed by atoms with Crippen LogP contribution in [0.2, 0.25) is 0 Å². The van der Waals surface area contributed by atoms with Crippen molar-refractivity contribution in [2.45, 2.75) is 25.7 Å². The molecule has 0 aliphatic rings. The molecule has 0 aromatic heterocycles. The zero-order chi connectivity index (χ0) is 23.0. The van der Waals surface area contributed by atoms with E-state index in [0.29, 0.717) is 30.1 Å². The Balaban J connectivity index is 2.25. The van der Waals surface area contributed by atoms with Crippen molar-refractivity contribution in [2.75, 3.05) is 37.4 Å². The molecule has 0 atom stereocenters. The number of nitrogens with one attached hydrogen (secondary N) is 2. The fraction of sp³-hybridized carbons (Fsp3) is 0.333. The molecule has 0 heterocycles. The zero-order valence-electron chi connectivity index (χ0n) is 18.0. The number of hydrogen-bond acceptors (Lipinski definition) is 6. The largest absolute Gasteiger partial charge is 0.495 e. The highest BCUT2D eigenvalue weighted by Gasteiger charge is 2.23. The normalized spacial score (nSPS) is 11.1. The predicted molar refractivity (Wildman–Crippen MR) is 118 cm³/mol. The van der Waals surface area contributed by atoms with Gasteiger partial charge in [0.25, 0.3) is 5.91 Å². The van der Waals surface area contributed by atoms with Crippen LogP contribution in [0.4, 0.5) is 16.2 Å². The van der Waals surface area contributed by atoms with Gasteiger partial charge in [-0.1, -0.05) is 13.8 Å². The Bertz CT molecular complexity index is 1020. The zero-order valence-corrected chi connectivity index (χ0v) is 18.8. The van der Waals surface area contributed by atoms with Crippen LogP contribution in [0.1, 0.15) is 31.1 Å². The number of nitrogens with zero attached hydrogens (tertiary/aromatic N) is 1. The molecule has 0 radical (unpaired) electrons. The van der Waals surface area contributed by atoms with Crippen LogP contribution in [0.3, 0.4) is 0 Å². The van der Waals surface area contributed by atoms with Crippen molar-refractivity contribution in [1.82, 2.24) is 4.31 Å². The molecule has 0 aliphatic carbocycles. The predicted octanol–water partition coefficient (Wildman–Crippen LogP) is 3.55. The summed E-state index contributed by atoms with van der Waals surface area (Å²) >= 11 is 0. The first-order valence-electron chi connectivity index (χ1n) is 9.80. The van der Waals surface area contributed by atoms with Crippen LogP contribution in [-0.2, 0) is 14.8 Å². The number of benzene rings is 2. The van der Waals surface area contributed by atoms with Gasteiger partial charge in [-0.05, 0) is 49.4 Å². The molecule has 31 heavy (non-hydrogen) atoms. The van der Waals surface area contributed by atoms with Gasteiger partial charge < -0.3 is 14.8 Å². The molecule has 0 bridgehead atoms. The minimum Gasteiger partial charge on any atom is -0.495 e. The van der Waals surface area contributed by atoms with Gasteiger partial charge in [0.2, 0.25) is 10.0 Å². The fourth-order valence-electron chi connectivity index (χ4n) is 2.84. The summed E-state index contributed by atoms with van der Waals surface area (Å²) in [6.45, 7) is 6.12. The fourth-order valence-corrected chi connectivity index (χ4v) is 4.33. The van der Waals surface area contributed by atoms with Crippen molar-refractivity contribution in [1.29, 1.82) is 0 Å². The van der Waals surface area contributed by atoms with E-state index in [1.807, 2.05) is 0 Å². The highest BCUT2D eigenvalue weighted by molar-refractivity contribution is 7.89. The molecule has 2 rings (SSSR count). The van der Waals surface area contributed by atoms with Crippen LogP contribution >= 0.6 is 0 Å². The summed E-state index contributed by atoms with van der Waals surface area (Å²) < 4.78 is 37.0. The first-order valence-corrected chi connectivity index (χ1v) is 11.2. The number of hydrogen-bond donors (Lipinski definition) is 2. The van der Waals surface area contributed by atoms with Crippen molar-refractivity contribution in [3.63, 3.8) is 0 Å². The number of anilines is 2. The number of rotatable bonds is 9. The highest BCUT2D eigenvalue weighted by Crippen LogP contribution is 2.29. The van der Waals surface area contributed by atoms with E-state index in [-0.39, 0.29) is 17.2 Å². The van der Waals surface area contributed by atoms with Crippen molar-refractivity contribution < 1.29 is 27.5 Å². The minimum atomic E-state index is -3.70. The number of ether oxygens (including phenoxy) is 2. The van der Waals surface area contributed by atoms with Gasteiger partial charge in [-0.25, -0.2) is 13.2 Å². The molecule has 2 N–H and O–H groups in total. The van der Waals surface area contributed by atoms with Crippen molar-refractivity contribution in [3.8, 4) is 5.75 Å². The summed E-state index contributed by atoms with van der Waals surface area (Å²) in [5.74, 6) is -0.134. The lowest BCUT2D eigenvalue weighted by molar-refractivity contribution is 0.102. The number of amides is 2. The Morgan fingerprint density at radius 2 is 1.61 bits per heavy atom. The lowest BCUT2D eigenvalue weighted by Crippen LogP contribution is -2.30. The lowest BCUT2D eigenvalue weighted by atomic mass is 10.2. The maximum Gasteiger partial charge on any atom is 0.411 e. The van der Waals surface area contributed by atoms with Gasteiger partial charge in [-0.2, -0.15) is 4.31 Å². The van der Waals surface area contributed by atoms with Crippen LogP contribution in [-0.4, -0.2) is 51.5 Å². The molecule has 168 valence electrons. The molecule has 0 spiro atoms. The second-order valence-corrected chi connectivity index (χ2v) is 8.27. The van der Waals surface area contributed by atoms with Crippen molar-refractivity contribution in [2.24, 2.45) is 0 Å². The Kier molecular flexibility index (Phi) is 8.40. The SMILES string of the molecule is CCOC(=O)Nc1ccc(C(=O)Nc2cc(S(=O)(=O)N(CC)CC)ccc2OC)cc1. The Morgan fingerprint density at radius 3 is 2.16 bits per heavy atom. The summed E-state index contributed by atoms with van der Waals surface area (Å²) in [4.78, 5) is 24.2. The van der Waals surface area contributed by atoms with Crippen LogP contribution in [0.25, 0.3) is 0 Å². The van der Waals surface area contributed by atoms with Gasteiger partial charge in [0, 0.05) is 24.3 Å². The first kappa shape index (κ1) is 24.2. The van der Waals surface area contributed by atoms with Crippen LogP contribution < -0.4 is 15.4 Å². The molecule has 0 saturated heterocycles. The van der Waals surface area contributed by atoms with E-state index >= 15 is 0 Å². The van der Waals surface area contributed by atoms with E-state index in [2.05, 4.69) is 10.6 Å². The second kappa shape index (κ2) is 10.8. The maximum absolute atomic E-state index is 12.8. The smallest absolute Gasteiger partial charge is 0.411 e.